The molecule has 0 saturated heterocycles. The minimum Gasteiger partial charge on any atom is -0.310 e. The molecule has 90 heavy (non-hydrogen) atoms. The van der Waals surface area contributed by atoms with Gasteiger partial charge in [-0.25, -0.2) is 0 Å². The van der Waals surface area contributed by atoms with Crippen LogP contribution in [-0.4, -0.2) is 20.4 Å². The average molecular weight is 1200 g/mol. The zero-order chi connectivity index (χ0) is 59.6. The van der Waals surface area contributed by atoms with Gasteiger partial charge in [-0.2, -0.15) is 0 Å². The van der Waals surface area contributed by atoms with Crippen molar-refractivity contribution in [3.63, 3.8) is 0 Å². The zero-order valence-corrected chi connectivity index (χ0v) is 52.0. The smallest absolute Gasteiger partial charge is 0.184 e. The lowest BCUT2D eigenvalue weighted by molar-refractivity contribution is 0.658. The highest BCUT2D eigenvalue weighted by Crippen LogP contribution is 2.71. The summed E-state index contributed by atoms with van der Waals surface area (Å²) >= 11 is 0. The molecular formula is C84H58N2OSSi2. The number of fused-ring (bicyclic) bond motifs is 14. The number of hydrogen-bond acceptors (Lipinski definition) is 3. The highest BCUT2D eigenvalue weighted by atomic mass is 32.3. The van der Waals surface area contributed by atoms with Crippen LogP contribution < -0.4 is 51.3 Å². The predicted octanol–water partition coefficient (Wildman–Crippen LogP) is 15.7. The fourth-order valence-corrected chi connectivity index (χ4v) is 31.8. The molecule has 0 radical (unpaired) electrons. The Bertz CT molecular complexity index is 4790. The first kappa shape index (κ1) is 52.4. The van der Waals surface area contributed by atoms with Gasteiger partial charge in [-0.05, 0) is 148 Å². The number of benzene rings is 14. The molecule has 0 aromatic heterocycles. The normalized spacial score (nSPS) is 15.5. The largest absolute Gasteiger partial charge is 0.310 e. The fourth-order valence-electron chi connectivity index (χ4n) is 16.4. The van der Waals surface area contributed by atoms with Gasteiger partial charge >= 0.3 is 0 Å². The number of nitrogens with zero attached hydrogens (tertiary/aromatic N) is 2. The van der Waals surface area contributed by atoms with E-state index in [4.69, 9.17) is 0 Å². The second kappa shape index (κ2) is 19.9. The van der Waals surface area contributed by atoms with Gasteiger partial charge in [0.05, 0.1) is 11.4 Å². The van der Waals surface area contributed by atoms with Crippen molar-refractivity contribution >= 4 is 101 Å². The number of anilines is 6. The molecule has 0 saturated carbocycles. The van der Waals surface area contributed by atoms with Crippen molar-refractivity contribution < 1.29 is 4.21 Å². The van der Waals surface area contributed by atoms with Crippen LogP contribution in [0.25, 0.3) is 44.5 Å². The van der Waals surface area contributed by atoms with Crippen LogP contribution in [0.3, 0.4) is 0 Å². The van der Waals surface area contributed by atoms with E-state index in [2.05, 4.69) is 362 Å². The summed E-state index contributed by atoms with van der Waals surface area (Å²) in [5.41, 5.74) is 15.2. The van der Waals surface area contributed by atoms with Crippen LogP contribution in [-0.2, 0) is 9.07 Å². The van der Waals surface area contributed by atoms with E-state index in [1.807, 2.05) is 0 Å². The molecule has 4 aliphatic rings. The van der Waals surface area contributed by atoms with Crippen LogP contribution in [0.5, 0.6) is 0 Å². The van der Waals surface area contributed by atoms with Crippen molar-refractivity contribution in [3.8, 4) is 44.5 Å². The SMILES string of the molecule is O=S12(c3ccccc3-c3cc(-c4ccccc4N4c5ccccc5[Si](c5ccccc5)(c5ccccc5)c5ccccc54)ccc31)c1ccccc1-c1cc(-c3ccccc3N3c4ccccc4[Si](c4ccccc4)(c4ccccc4)c4ccccc43)ccc12. The number of hydrogen-bond donors (Lipinski definition) is 0. The maximum atomic E-state index is 18.3. The molecule has 3 nitrogen and oxygen atoms in total. The summed E-state index contributed by atoms with van der Waals surface area (Å²) in [6.45, 7) is 0. The summed E-state index contributed by atoms with van der Waals surface area (Å²) < 4.78 is 18.3. The molecule has 6 heteroatoms. The molecule has 14 aromatic rings. The van der Waals surface area contributed by atoms with Crippen LogP contribution in [0.1, 0.15) is 0 Å². The second-order valence-corrected chi connectivity index (χ2v) is 35.2. The van der Waals surface area contributed by atoms with Gasteiger partial charge in [0.15, 0.2) is 16.1 Å². The van der Waals surface area contributed by atoms with E-state index in [-0.39, 0.29) is 0 Å². The van der Waals surface area contributed by atoms with Gasteiger partial charge in [0.25, 0.3) is 0 Å². The first-order valence-electron chi connectivity index (χ1n) is 31.1. The summed E-state index contributed by atoms with van der Waals surface area (Å²) in [4.78, 5) is 8.46. The van der Waals surface area contributed by atoms with Crippen molar-refractivity contribution in [3.05, 3.63) is 352 Å². The molecule has 0 aliphatic carbocycles. The summed E-state index contributed by atoms with van der Waals surface area (Å²) in [7, 11) is -9.95. The van der Waals surface area contributed by atoms with E-state index in [1.54, 1.807) is 0 Å². The van der Waals surface area contributed by atoms with Crippen molar-refractivity contribution in [1.29, 1.82) is 0 Å². The Kier molecular flexibility index (Phi) is 11.6. The molecule has 1 spiro atoms. The third-order valence-electron chi connectivity index (χ3n) is 19.9. The molecular weight excluding hydrogens is 1140 g/mol. The molecule has 0 atom stereocenters. The molecule has 4 heterocycles. The van der Waals surface area contributed by atoms with Crippen molar-refractivity contribution in [2.45, 2.75) is 19.6 Å². The lowest BCUT2D eigenvalue weighted by Crippen LogP contribution is -2.77. The van der Waals surface area contributed by atoms with E-state index < -0.39 is 25.2 Å². The lowest BCUT2D eigenvalue weighted by atomic mass is 9.97. The molecule has 14 aromatic carbocycles. The van der Waals surface area contributed by atoms with Crippen molar-refractivity contribution in [2.24, 2.45) is 0 Å². The molecule has 18 rings (SSSR count). The zero-order valence-electron chi connectivity index (χ0n) is 49.2. The average Bonchev–Trinajstić information content (AvgIpc) is 1.46. The molecule has 0 amide bonds. The van der Waals surface area contributed by atoms with Gasteiger partial charge < -0.3 is 9.80 Å². The van der Waals surface area contributed by atoms with E-state index in [0.29, 0.717) is 0 Å². The number of para-hydroxylation sites is 6. The molecule has 424 valence electrons. The van der Waals surface area contributed by atoms with Crippen LogP contribution in [0.15, 0.2) is 371 Å². The van der Waals surface area contributed by atoms with E-state index in [1.165, 1.54) is 64.2 Å². The standard InChI is InChI=1S/C84H58N2OSSi2/c87-88(77-47-23-15-39-67(77)69-57-59(53-55-79(69)88)65-37-13-17-41-71(65)85-73-43-19-25-49-81(73)89(61-29-5-1-6-30-61,62-31-7-2-8-32-62)82-50-26-20-44-74(82)85)78-48-24-16-40-68(78)70-58-60(54-56-80(70)88)66-38-14-18-42-72(66)86-75-45-21-27-51-83(75)90(63-33-9-3-10-34-63,64-35-11-4-12-36-64)84-52-28-22-46-76(84)86/h1-58H. The third-order valence-corrected chi connectivity index (χ3v) is 34.4. The lowest BCUT2D eigenvalue weighted by Gasteiger charge is -2.45. The highest BCUT2D eigenvalue weighted by molar-refractivity contribution is 8.21. The van der Waals surface area contributed by atoms with Gasteiger partial charge in [0.1, 0.15) is 0 Å². The van der Waals surface area contributed by atoms with Crippen LogP contribution in [0.4, 0.5) is 34.1 Å². The maximum Gasteiger partial charge on any atom is 0.184 e. The van der Waals surface area contributed by atoms with Gasteiger partial charge in [-0.3, -0.25) is 4.21 Å². The van der Waals surface area contributed by atoms with Gasteiger partial charge in [0.2, 0.25) is 0 Å². The first-order chi connectivity index (χ1) is 44.5. The maximum absolute atomic E-state index is 18.3. The molecule has 0 unspecified atom stereocenters. The Morgan fingerprint density at radius 1 is 0.211 bits per heavy atom. The molecule has 0 N–H and O–H groups in total. The third kappa shape index (κ3) is 6.90. The fraction of sp³-hybridized carbons (Fsp3) is 0. The molecule has 0 fully saturated rings. The van der Waals surface area contributed by atoms with Gasteiger partial charge in [-0.15, -0.1) is 0 Å². The Morgan fingerprint density at radius 2 is 0.456 bits per heavy atom. The molecule has 0 bridgehead atoms. The van der Waals surface area contributed by atoms with Crippen LogP contribution >= 0.6 is 0 Å². The van der Waals surface area contributed by atoms with E-state index in [0.717, 1.165) is 75.5 Å². The Labute approximate surface area is 527 Å². The minimum atomic E-state index is -4.26. The van der Waals surface area contributed by atoms with Crippen LogP contribution in [0, 0.1) is 0 Å². The first-order valence-corrected chi connectivity index (χ1v) is 37.0. The summed E-state index contributed by atoms with van der Waals surface area (Å²) in [5.74, 6) is 0. The number of rotatable bonds is 8. The highest BCUT2D eigenvalue weighted by Gasteiger charge is 2.58. The molecule has 4 aliphatic heterocycles. The van der Waals surface area contributed by atoms with E-state index >= 15 is 4.21 Å². The topological polar surface area (TPSA) is 23.6 Å². The summed E-state index contributed by atoms with van der Waals surface area (Å²) in [6, 6.07) is 130. The summed E-state index contributed by atoms with van der Waals surface area (Å²) in [6.07, 6.45) is 0. The van der Waals surface area contributed by atoms with E-state index in [9.17, 15) is 0 Å². The Morgan fingerprint density at radius 3 is 0.778 bits per heavy atom. The minimum absolute atomic E-state index is 0.856. The Hall–Kier alpha value is -10.7. The van der Waals surface area contributed by atoms with Crippen molar-refractivity contribution in [2.75, 3.05) is 9.80 Å². The quantitative estimate of drug-likeness (QED) is 0.142. The monoisotopic (exact) mass is 1200 g/mol. The van der Waals surface area contributed by atoms with Crippen molar-refractivity contribution in [1.82, 2.24) is 0 Å². The predicted molar refractivity (Wildman–Crippen MR) is 380 cm³/mol. The van der Waals surface area contributed by atoms with Crippen LogP contribution in [0.2, 0.25) is 0 Å². The second-order valence-electron chi connectivity index (χ2n) is 24.1. The van der Waals surface area contributed by atoms with Gasteiger partial charge in [-0.1, -0.05) is 279 Å². The Balaban J connectivity index is 0.798. The summed E-state index contributed by atoms with van der Waals surface area (Å²) in [5, 5.41) is 10.8. The van der Waals surface area contributed by atoms with Gasteiger partial charge in [0, 0.05) is 62.5 Å².